The summed E-state index contributed by atoms with van der Waals surface area (Å²) < 4.78 is 13.1. The number of hydrogen-bond donors (Lipinski definition) is 1. The van der Waals surface area contributed by atoms with Crippen molar-refractivity contribution >= 4 is 0 Å². The Labute approximate surface area is 129 Å². The molecule has 2 atom stereocenters. The van der Waals surface area contributed by atoms with E-state index in [1.807, 2.05) is 0 Å². The monoisotopic (exact) mass is 295 g/mol. The second kappa shape index (κ2) is 9.11. The highest BCUT2D eigenvalue weighted by Crippen LogP contribution is 2.21. The van der Waals surface area contributed by atoms with Crippen molar-refractivity contribution in [1.29, 1.82) is 0 Å². The van der Waals surface area contributed by atoms with Gasteiger partial charge in [0.15, 0.2) is 0 Å². The van der Waals surface area contributed by atoms with Gasteiger partial charge in [-0.05, 0) is 37.1 Å². The minimum absolute atomic E-state index is 0.164. The SMILES string of the molecule is CCNC(c1ccc(F)cn1)C(C)CN(CC)CC(C)C. The smallest absolute Gasteiger partial charge is 0.141 e. The van der Waals surface area contributed by atoms with E-state index in [9.17, 15) is 4.39 Å². The van der Waals surface area contributed by atoms with Crippen LogP contribution in [0, 0.1) is 17.7 Å². The molecule has 120 valence electrons. The van der Waals surface area contributed by atoms with Crippen molar-refractivity contribution in [3.63, 3.8) is 0 Å². The average molecular weight is 295 g/mol. The average Bonchev–Trinajstić information content (AvgIpc) is 2.44. The molecular weight excluding hydrogens is 265 g/mol. The van der Waals surface area contributed by atoms with Crippen LogP contribution in [0.1, 0.15) is 46.4 Å². The van der Waals surface area contributed by atoms with Crippen molar-refractivity contribution in [1.82, 2.24) is 15.2 Å². The van der Waals surface area contributed by atoms with Gasteiger partial charge in [0, 0.05) is 13.1 Å². The maximum atomic E-state index is 13.1. The van der Waals surface area contributed by atoms with E-state index in [2.05, 4.69) is 49.8 Å². The summed E-state index contributed by atoms with van der Waals surface area (Å²) in [6.45, 7) is 15.1. The molecule has 0 radical (unpaired) electrons. The molecule has 1 aromatic heterocycles. The number of hydrogen-bond acceptors (Lipinski definition) is 3. The Kier molecular flexibility index (Phi) is 7.83. The number of pyridine rings is 1. The van der Waals surface area contributed by atoms with Crippen molar-refractivity contribution < 1.29 is 4.39 Å². The van der Waals surface area contributed by atoms with Crippen LogP contribution in [0.25, 0.3) is 0 Å². The van der Waals surface area contributed by atoms with Crippen molar-refractivity contribution in [2.45, 2.75) is 40.7 Å². The predicted octanol–water partition coefficient (Wildman–Crippen LogP) is 3.49. The fourth-order valence-corrected chi connectivity index (χ4v) is 2.75. The molecule has 3 nitrogen and oxygen atoms in total. The third-order valence-electron chi connectivity index (χ3n) is 3.68. The zero-order valence-electron chi connectivity index (χ0n) is 14.1. The second-order valence-corrected chi connectivity index (χ2v) is 6.16. The van der Waals surface area contributed by atoms with Gasteiger partial charge in [-0.25, -0.2) is 4.39 Å². The molecule has 0 amide bonds. The van der Waals surface area contributed by atoms with E-state index in [0.717, 1.165) is 31.9 Å². The molecule has 0 fully saturated rings. The summed E-state index contributed by atoms with van der Waals surface area (Å²) >= 11 is 0. The molecule has 0 saturated carbocycles. The molecular formula is C17H30FN3. The lowest BCUT2D eigenvalue weighted by atomic mass is 9.97. The summed E-state index contributed by atoms with van der Waals surface area (Å²) in [5, 5.41) is 3.49. The topological polar surface area (TPSA) is 28.2 Å². The first-order chi connectivity index (χ1) is 9.97. The number of nitrogens with one attached hydrogen (secondary N) is 1. The first-order valence-electron chi connectivity index (χ1n) is 8.05. The molecule has 21 heavy (non-hydrogen) atoms. The highest BCUT2D eigenvalue weighted by Gasteiger charge is 2.22. The van der Waals surface area contributed by atoms with E-state index >= 15 is 0 Å². The summed E-state index contributed by atoms with van der Waals surface area (Å²) in [6, 6.07) is 3.44. The van der Waals surface area contributed by atoms with Crippen LogP contribution in [-0.4, -0.2) is 36.1 Å². The minimum Gasteiger partial charge on any atom is -0.309 e. The van der Waals surface area contributed by atoms with Crippen LogP contribution in [-0.2, 0) is 0 Å². The van der Waals surface area contributed by atoms with Crippen LogP contribution in [0.3, 0.4) is 0 Å². The zero-order chi connectivity index (χ0) is 15.8. The fourth-order valence-electron chi connectivity index (χ4n) is 2.75. The van der Waals surface area contributed by atoms with Crippen molar-refractivity contribution in [3.05, 3.63) is 29.8 Å². The van der Waals surface area contributed by atoms with Gasteiger partial charge in [-0.15, -0.1) is 0 Å². The summed E-state index contributed by atoms with van der Waals surface area (Å²) in [7, 11) is 0. The van der Waals surface area contributed by atoms with E-state index in [1.54, 1.807) is 6.07 Å². The predicted molar refractivity (Wildman–Crippen MR) is 86.7 cm³/mol. The Morgan fingerprint density at radius 3 is 2.38 bits per heavy atom. The zero-order valence-corrected chi connectivity index (χ0v) is 14.1. The first-order valence-corrected chi connectivity index (χ1v) is 8.05. The quantitative estimate of drug-likeness (QED) is 0.756. The van der Waals surface area contributed by atoms with Crippen molar-refractivity contribution in [2.24, 2.45) is 11.8 Å². The third kappa shape index (κ3) is 6.10. The maximum Gasteiger partial charge on any atom is 0.141 e. The molecule has 0 aliphatic rings. The molecule has 2 unspecified atom stereocenters. The molecule has 1 rings (SSSR count). The Morgan fingerprint density at radius 2 is 1.90 bits per heavy atom. The number of rotatable bonds is 9. The van der Waals surface area contributed by atoms with Crippen molar-refractivity contribution in [2.75, 3.05) is 26.2 Å². The molecule has 0 bridgehead atoms. The van der Waals surface area contributed by atoms with Gasteiger partial charge in [0.2, 0.25) is 0 Å². The summed E-state index contributed by atoms with van der Waals surface area (Å²) in [4.78, 5) is 6.73. The number of halogens is 1. The maximum absolute atomic E-state index is 13.1. The van der Waals surface area contributed by atoms with Gasteiger partial charge in [0.05, 0.1) is 17.9 Å². The summed E-state index contributed by atoms with van der Waals surface area (Å²) in [5.74, 6) is 0.803. The van der Waals surface area contributed by atoms with Crippen LogP contribution >= 0.6 is 0 Å². The lowest BCUT2D eigenvalue weighted by Crippen LogP contribution is -2.37. The Bertz CT molecular complexity index is 392. The highest BCUT2D eigenvalue weighted by atomic mass is 19.1. The van der Waals surface area contributed by atoms with E-state index in [4.69, 9.17) is 0 Å². The van der Waals surface area contributed by atoms with E-state index in [0.29, 0.717) is 11.8 Å². The molecule has 4 heteroatoms. The van der Waals surface area contributed by atoms with Crippen LogP contribution in [0.15, 0.2) is 18.3 Å². The van der Waals surface area contributed by atoms with Gasteiger partial charge in [-0.1, -0.05) is 34.6 Å². The highest BCUT2D eigenvalue weighted by molar-refractivity contribution is 5.11. The molecule has 0 aromatic carbocycles. The summed E-state index contributed by atoms with van der Waals surface area (Å²) in [6.07, 6.45) is 1.30. The van der Waals surface area contributed by atoms with E-state index in [1.165, 1.54) is 12.3 Å². The van der Waals surface area contributed by atoms with Gasteiger partial charge in [-0.3, -0.25) is 4.98 Å². The summed E-state index contributed by atoms with van der Waals surface area (Å²) in [5.41, 5.74) is 0.923. The molecule has 1 aromatic rings. The van der Waals surface area contributed by atoms with Gasteiger partial charge in [0.25, 0.3) is 0 Å². The fraction of sp³-hybridized carbons (Fsp3) is 0.706. The van der Waals surface area contributed by atoms with Crippen molar-refractivity contribution in [3.8, 4) is 0 Å². The Balaban J connectivity index is 2.76. The van der Waals surface area contributed by atoms with E-state index < -0.39 is 0 Å². The van der Waals surface area contributed by atoms with Crippen LogP contribution in [0.2, 0.25) is 0 Å². The molecule has 0 saturated heterocycles. The van der Waals surface area contributed by atoms with Gasteiger partial charge < -0.3 is 10.2 Å². The van der Waals surface area contributed by atoms with Crippen LogP contribution in [0.4, 0.5) is 4.39 Å². The second-order valence-electron chi connectivity index (χ2n) is 6.16. The lowest BCUT2D eigenvalue weighted by Gasteiger charge is -2.31. The molecule has 0 spiro atoms. The molecule has 1 N–H and O–H groups in total. The van der Waals surface area contributed by atoms with Gasteiger partial charge in [-0.2, -0.15) is 0 Å². The molecule has 0 aliphatic carbocycles. The van der Waals surface area contributed by atoms with Gasteiger partial charge in [0.1, 0.15) is 5.82 Å². The normalized spacial score (nSPS) is 14.7. The van der Waals surface area contributed by atoms with Gasteiger partial charge >= 0.3 is 0 Å². The minimum atomic E-state index is -0.281. The Morgan fingerprint density at radius 1 is 1.19 bits per heavy atom. The number of nitrogens with zero attached hydrogens (tertiary/aromatic N) is 2. The number of aromatic nitrogens is 1. The van der Waals surface area contributed by atoms with Crippen LogP contribution < -0.4 is 5.32 Å². The van der Waals surface area contributed by atoms with Crippen LogP contribution in [0.5, 0.6) is 0 Å². The standard InChI is InChI=1S/C17H30FN3/c1-6-19-17(16-9-8-15(18)10-20-16)14(5)12-21(7-2)11-13(3)4/h8-10,13-14,17,19H,6-7,11-12H2,1-5H3. The Hall–Kier alpha value is -1.00. The lowest BCUT2D eigenvalue weighted by molar-refractivity contribution is 0.199. The third-order valence-corrected chi connectivity index (χ3v) is 3.68. The van der Waals surface area contributed by atoms with E-state index in [-0.39, 0.29) is 11.9 Å². The molecule has 1 heterocycles. The molecule has 0 aliphatic heterocycles. The first kappa shape index (κ1) is 18.1. The largest absolute Gasteiger partial charge is 0.309 e.